The minimum Gasteiger partial charge on any atom is -0.465 e. The molecular formula is C25H28Cl2N2O5S. The van der Waals surface area contributed by atoms with Crippen LogP contribution in [0.25, 0.3) is 0 Å². The minimum atomic E-state index is -3.53. The first-order valence-corrected chi connectivity index (χ1v) is 14.3. The van der Waals surface area contributed by atoms with Crippen LogP contribution >= 0.6 is 23.2 Å². The lowest BCUT2D eigenvalue weighted by Gasteiger charge is -2.49. The highest BCUT2D eigenvalue weighted by atomic mass is 35.5. The van der Waals surface area contributed by atoms with Gasteiger partial charge in [-0.05, 0) is 49.1 Å². The average molecular weight is 539 g/mol. The van der Waals surface area contributed by atoms with E-state index in [9.17, 15) is 18.0 Å². The van der Waals surface area contributed by atoms with Crippen LogP contribution in [0.1, 0.15) is 66.1 Å². The normalized spacial score (nSPS) is 24.7. The summed E-state index contributed by atoms with van der Waals surface area (Å²) >= 11 is 12.8. The summed E-state index contributed by atoms with van der Waals surface area (Å²) in [4.78, 5) is 29.1. The molecule has 1 N–H and O–H groups in total. The van der Waals surface area contributed by atoms with Gasteiger partial charge in [0.15, 0.2) is 0 Å². The number of rotatable bonds is 6. The van der Waals surface area contributed by atoms with Crippen LogP contribution in [-0.2, 0) is 19.6 Å². The average Bonchev–Trinajstić information content (AvgIpc) is 2.79. The monoisotopic (exact) mass is 538 g/mol. The van der Waals surface area contributed by atoms with Crippen molar-refractivity contribution in [3.63, 3.8) is 0 Å². The SMILES string of the molecule is CCOC(=O)[C@@H]1c2ccccc2C(=O)N([C@H]2CCCC[C@@H]2NS(C)(=O)=O)[C@H]1c1ccc(Cl)cc1Cl. The van der Waals surface area contributed by atoms with Crippen molar-refractivity contribution in [3.8, 4) is 0 Å². The van der Waals surface area contributed by atoms with E-state index in [-0.39, 0.29) is 12.5 Å². The van der Waals surface area contributed by atoms with E-state index in [0.717, 1.165) is 19.1 Å². The molecule has 0 aromatic heterocycles. The van der Waals surface area contributed by atoms with Gasteiger partial charge in [0.2, 0.25) is 10.0 Å². The first-order valence-electron chi connectivity index (χ1n) is 11.6. The summed E-state index contributed by atoms with van der Waals surface area (Å²) < 4.78 is 32.6. The lowest BCUT2D eigenvalue weighted by molar-refractivity contribution is -0.147. The quantitative estimate of drug-likeness (QED) is 0.538. The molecule has 4 rings (SSSR count). The number of amides is 1. The van der Waals surface area contributed by atoms with Crippen LogP contribution < -0.4 is 4.72 Å². The Labute approximate surface area is 215 Å². The molecule has 1 heterocycles. The molecule has 0 radical (unpaired) electrons. The van der Waals surface area contributed by atoms with E-state index in [0.29, 0.717) is 39.6 Å². The van der Waals surface area contributed by atoms with Crippen LogP contribution in [0.15, 0.2) is 42.5 Å². The predicted octanol–water partition coefficient (Wildman–Crippen LogP) is 4.70. The van der Waals surface area contributed by atoms with E-state index in [2.05, 4.69) is 4.72 Å². The highest BCUT2D eigenvalue weighted by molar-refractivity contribution is 7.88. The van der Waals surface area contributed by atoms with Gasteiger partial charge in [0.25, 0.3) is 5.91 Å². The summed E-state index contributed by atoms with van der Waals surface area (Å²) in [6, 6.07) is 10.2. The molecule has 35 heavy (non-hydrogen) atoms. The van der Waals surface area contributed by atoms with E-state index in [1.807, 2.05) is 0 Å². The van der Waals surface area contributed by atoms with Crippen molar-refractivity contribution in [1.82, 2.24) is 9.62 Å². The number of ether oxygens (including phenoxy) is 1. The summed E-state index contributed by atoms with van der Waals surface area (Å²) in [5.74, 6) is -1.59. The topological polar surface area (TPSA) is 92.8 Å². The smallest absolute Gasteiger partial charge is 0.315 e. The largest absolute Gasteiger partial charge is 0.465 e. The third kappa shape index (κ3) is 5.35. The van der Waals surface area contributed by atoms with Gasteiger partial charge in [-0.2, -0.15) is 0 Å². The van der Waals surface area contributed by atoms with Gasteiger partial charge in [0, 0.05) is 27.7 Å². The van der Waals surface area contributed by atoms with Gasteiger partial charge in [-0.15, -0.1) is 0 Å². The van der Waals surface area contributed by atoms with Gasteiger partial charge in [-0.25, -0.2) is 13.1 Å². The summed E-state index contributed by atoms with van der Waals surface area (Å²) in [5, 5.41) is 0.743. The van der Waals surface area contributed by atoms with Crippen molar-refractivity contribution in [2.75, 3.05) is 12.9 Å². The van der Waals surface area contributed by atoms with Crippen molar-refractivity contribution in [1.29, 1.82) is 0 Å². The predicted molar refractivity (Wildman–Crippen MR) is 135 cm³/mol. The molecule has 1 aliphatic carbocycles. The number of carbonyl (C=O) groups excluding carboxylic acids is 2. The van der Waals surface area contributed by atoms with Gasteiger partial charge in [0.1, 0.15) is 5.92 Å². The van der Waals surface area contributed by atoms with Gasteiger partial charge in [-0.3, -0.25) is 9.59 Å². The molecule has 0 saturated heterocycles. The molecule has 1 aliphatic heterocycles. The van der Waals surface area contributed by atoms with Crippen LogP contribution in [0.4, 0.5) is 0 Å². The van der Waals surface area contributed by atoms with Crippen molar-refractivity contribution in [2.45, 2.75) is 56.7 Å². The maximum Gasteiger partial charge on any atom is 0.315 e. The van der Waals surface area contributed by atoms with Gasteiger partial charge >= 0.3 is 5.97 Å². The molecular weight excluding hydrogens is 511 g/mol. The van der Waals surface area contributed by atoms with Gasteiger partial charge < -0.3 is 9.64 Å². The van der Waals surface area contributed by atoms with Crippen LogP contribution in [0.5, 0.6) is 0 Å². The van der Waals surface area contributed by atoms with E-state index in [1.165, 1.54) is 0 Å². The number of hydrogen-bond donors (Lipinski definition) is 1. The third-order valence-corrected chi connectivity index (χ3v) is 7.94. The van der Waals surface area contributed by atoms with Crippen LogP contribution in [0.2, 0.25) is 10.0 Å². The fourth-order valence-corrected chi connectivity index (χ4v) is 6.68. The van der Waals surface area contributed by atoms with E-state index in [4.69, 9.17) is 27.9 Å². The molecule has 7 nitrogen and oxygen atoms in total. The Morgan fingerprint density at radius 1 is 1.11 bits per heavy atom. The first-order chi connectivity index (χ1) is 16.6. The summed E-state index contributed by atoms with van der Waals surface area (Å²) in [5.41, 5.74) is 1.52. The lowest BCUT2D eigenvalue weighted by Crippen LogP contribution is -2.58. The van der Waals surface area contributed by atoms with Gasteiger partial charge in [0.05, 0.1) is 18.9 Å². The number of nitrogens with zero attached hydrogens (tertiary/aromatic N) is 1. The molecule has 0 bridgehead atoms. The zero-order chi connectivity index (χ0) is 25.3. The molecule has 2 aromatic rings. The Bertz CT molecular complexity index is 1240. The van der Waals surface area contributed by atoms with E-state index >= 15 is 0 Å². The molecule has 4 atom stereocenters. The third-order valence-electron chi connectivity index (χ3n) is 6.65. The number of carbonyl (C=O) groups is 2. The van der Waals surface area contributed by atoms with Crippen molar-refractivity contribution >= 4 is 45.1 Å². The number of benzene rings is 2. The number of nitrogens with one attached hydrogen (secondary N) is 1. The van der Waals surface area contributed by atoms with Crippen molar-refractivity contribution < 1.29 is 22.7 Å². The second-order valence-corrected chi connectivity index (χ2v) is 11.6. The molecule has 1 fully saturated rings. The fourth-order valence-electron chi connectivity index (χ4n) is 5.33. The summed E-state index contributed by atoms with van der Waals surface area (Å²) in [6.45, 7) is 1.90. The highest BCUT2D eigenvalue weighted by Gasteiger charge is 2.49. The zero-order valence-electron chi connectivity index (χ0n) is 19.5. The second kappa shape index (κ2) is 10.5. The molecule has 1 saturated carbocycles. The number of esters is 1. The Morgan fingerprint density at radius 3 is 2.51 bits per heavy atom. The highest BCUT2D eigenvalue weighted by Crippen LogP contribution is 2.48. The Hall–Kier alpha value is -2.13. The van der Waals surface area contributed by atoms with Gasteiger partial charge in [-0.1, -0.05) is 60.3 Å². The maximum atomic E-state index is 14.0. The van der Waals surface area contributed by atoms with Crippen LogP contribution in [0, 0.1) is 0 Å². The summed E-state index contributed by atoms with van der Waals surface area (Å²) in [6.07, 6.45) is 3.92. The standard InChI is InChI=1S/C25H28Cl2N2O5S/c1-3-34-25(31)22-16-8-4-5-9-17(16)24(30)29(23(22)18-13-12-15(26)14-19(18)27)21-11-7-6-10-20(21)28-35(2,32)33/h4-5,8-9,12-14,20-23,28H,3,6-7,10-11H2,1-2H3/t20-,21-,22+,23-/m0/s1. The number of halogens is 2. The van der Waals surface area contributed by atoms with Crippen LogP contribution in [0.3, 0.4) is 0 Å². The zero-order valence-corrected chi connectivity index (χ0v) is 21.9. The molecule has 10 heteroatoms. The fraction of sp³-hybridized carbons (Fsp3) is 0.440. The van der Waals surface area contributed by atoms with Crippen molar-refractivity contribution in [2.24, 2.45) is 0 Å². The molecule has 188 valence electrons. The van der Waals surface area contributed by atoms with Crippen molar-refractivity contribution in [3.05, 3.63) is 69.2 Å². The van der Waals surface area contributed by atoms with Crippen LogP contribution in [-0.4, -0.2) is 50.1 Å². The lowest BCUT2D eigenvalue weighted by atomic mass is 9.77. The minimum absolute atomic E-state index is 0.175. The number of hydrogen-bond acceptors (Lipinski definition) is 5. The Balaban J connectivity index is 1.94. The molecule has 0 unspecified atom stereocenters. The summed E-state index contributed by atoms with van der Waals surface area (Å²) in [7, 11) is -3.53. The first kappa shape index (κ1) is 25.9. The second-order valence-electron chi connectivity index (χ2n) is 8.99. The number of sulfonamides is 1. The van der Waals surface area contributed by atoms with E-state index in [1.54, 1.807) is 54.3 Å². The maximum absolute atomic E-state index is 14.0. The molecule has 1 amide bonds. The molecule has 0 spiro atoms. The molecule has 2 aromatic carbocycles. The van der Waals surface area contributed by atoms with E-state index < -0.39 is 40.0 Å². The Morgan fingerprint density at radius 2 is 1.83 bits per heavy atom. The Kier molecular flexibility index (Phi) is 7.76. The number of fused-ring (bicyclic) bond motifs is 1. The molecule has 2 aliphatic rings.